The number of hydrogen-bond donors (Lipinski definition) is 1. The summed E-state index contributed by atoms with van der Waals surface area (Å²) in [5.41, 5.74) is 0.648. The van der Waals surface area contributed by atoms with Gasteiger partial charge in [-0.25, -0.2) is 4.98 Å². The lowest BCUT2D eigenvalue weighted by Gasteiger charge is -2.49. The molecule has 6 heteroatoms. The van der Waals surface area contributed by atoms with E-state index in [9.17, 15) is 4.79 Å². The Labute approximate surface area is 158 Å². The SMILES string of the molecule is C[C@H]1[C@H](NC(=O)c2ccc(Oc3ccc(Cl)nc3)cc2)C2CCN1CC2. The van der Waals surface area contributed by atoms with Crippen molar-refractivity contribution >= 4 is 17.5 Å². The number of ether oxygens (including phenoxy) is 1. The predicted molar refractivity (Wildman–Crippen MR) is 101 cm³/mol. The van der Waals surface area contributed by atoms with Gasteiger partial charge in [-0.15, -0.1) is 0 Å². The van der Waals surface area contributed by atoms with E-state index in [0.717, 1.165) is 13.1 Å². The Balaban J connectivity index is 1.40. The predicted octanol–water partition coefficient (Wildman–Crippen LogP) is 3.74. The Morgan fingerprint density at radius 3 is 2.46 bits per heavy atom. The lowest BCUT2D eigenvalue weighted by molar-refractivity contribution is 0.0217. The number of aromatic nitrogens is 1. The Bertz CT molecular complexity index is 769. The summed E-state index contributed by atoms with van der Waals surface area (Å²) in [7, 11) is 0. The molecule has 3 saturated heterocycles. The third-order valence-corrected chi connectivity index (χ3v) is 5.75. The van der Waals surface area contributed by atoms with Crippen molar-refractivity contribution in [1.82, 2.24) is 15.2 Å². The molecule has 5 rings (SSSR count). The molecular weight excluding hydrogens is 350 g/mol. The van der Waals surface area contributed by atoms with E-state index in [2.05, 4.69) is 22.1 Å². The highest BCUT2D eigenvalue weighted by molar-refractivity contribution is 6.29. The fraction of sp³-hybridized carbons (Fsp3) is 0.400. The zero-order valence-electron chi connectivity index (χ0n) is 14.7. The molecule has 1 aromatic heterocycles. The van der Waals surface area contributed by atoms with Crippen LogP contribution in [0.3, 0.4) is 0 Å². The molecule has 0 unspecified atom stereocenters. The van der Waals surface area contributed by atoms with Gasteiger partial charge in [0.2, 0.25) is 0 Å². The second kappa shape index (κ2) is 7.25. The number of pyridine rings is 1. The molecule has 1 N–H and O–H groups in total. The van der Waals surface area contributed by atoms with E-state index in [4.69, 9.17) is 16.3 Å². The lowest BCUT2D eigenvalue weighted by atomic mass is 9.79. The third kappa shape index (κ3) is 3.55. The van der Waals surface area contributed by atoms with Gasteiger partial charge in [0.05, 0.1) is 6.20 Å². The van der Waals surface area contributed by atoms with Crippen molar-refractivity contribution in [2.24, 2.45) is 5.92 Å². The molecule has 5 nitrogen and oxygen atoms in total. The smallest absolute Gasteiger partial charge is 0.251 e. The topological polar surface area (TPSA) is 54.5 Å². The van der Waals surface area contributed by atoms with Crippen molar-refractivity contribution in [3.63, 3.8) is 0 Å². The molecule has 2 aromatic rings. The van der Waals surface area contributed by atoms with E-state index in [-0.39, 0.29) is 11.9 Å². The largest absolute Gasteiger partial charge is 0.456 e. The van der Waals surface area contributed by atoms with Gasteiger partial charge >= 0.3 is 0 Å². The van der Waals surface area contributed by atoms with Crippen LogP contribution in [0, 0.1) is 5.92 Å². The molecule has 0 radical (unpaired) electrons. The average molecular weight is 372 g/mol. The van der Waals surface area contributed by atoms with E-state index in [1.54, 1.807) is 42.6 Å². The highest BCUT2D eigenvalue weighted by Crippen LogP contribution is 2.32. The van der Waals surface area contributed by atoms with Crippen LogP contribution in [0.1, 0.15) is 30.1 Å². The highest BCUT2D eigenvalue weighted by Gasteiger charge is 2.40. The fourth-order valence-electron chi connectivity index (χ4n) is 4.01. The van der Waals surface area contributed by atoms with Gasteiger partial charge in [0.15, 0.2) is 0 Å². The summed E-state index contributed by atoms with van der Waals surface area (Å²) in [4.78, 5) is 19.1. The number of carbonyl (C=O) groups is 1. The summed E-state index contributed by atoms with van der Waals surface area (Å²) in [6.07, 6.45) is 3.92. The summed E-state index contributed by atoms with van der Waals surface area (Å²) in [5, 5.41) is 3.67. The number of hydrogen-bond acceptors (Lipinski definition) is 4. The minimum absolute atomic E-state index is 0.0182. The fourth-order valence-corrected chi connectivity index (χ4v) is 4.12. The molecule has 3 aliphatic heterocycles. The summed E-state index contributed by atoms with van der Waals surface area (Å²) in [6, 6.07) is 11.2. The first-order chi connectivity index (χ1) is 12.6. The van der Waals surface area contributed by atoms with Crippen LogP contribution in [-0.2, 0) is 0 Å². The molecule has 3 aliphatic rings. The number of halogens is 1. The maximum absolute atomic E-state index is 12.6. The van der Waals surface area contributed by atoms with Gasteiger partial charge in [0.25, 0.3) is 5.91 Å². The van der Waals surface area contributed by atoms with E-state index in [0.29, 0.717) is 34.2 Å². The van der Waals surface area contributed by atoms with Crippen LogP contribution in [0.2, 0.25) is 5.15 Å². The Morgan fingerprint density at radius 1 is 1.15 bits per heavy atom. The minimum atomic E-state index is -0.0182. The lowest BCUT2D eigenvalue weighted by Crippen LogP contribution is -2.62. The van der Waals surface area contributed by atoms with Gasteiger partial charge < -0.3 is 10.1 Å². The Morgan fingerprint density at radius 2 is 1.85 bits per heavy atom. The van der Waals surface area contributed by atoms with E-state index >= 15 is 0 Å². The molecule has 1 amide bonds. The Hall–Kier alpha value is -2.11. The third-order valence-electron chi connectivity index (χ3n) is 5.53. The van der Waals surface area contributed by atoms with Crippen molar-refractivity contribution in [1.29, 1.82) is 0 Å². The zero-order valence-corrected chi connectivity index (χ0v) is 15.4. The van der Waals surface area contributed by atoms with Gasteiger partial charge in [0.1, 0.15) is 16.7 Å². The molecule has 0 saturated carbocycles. The first kappa shape index (κ1) is 17.3. The van der Waals surface area contributed by atoms with Gasteiger partial charge in [-0.3, -0.25) is 9.69 Å². The zero-order chi connectivity index (χ0) is 18.1. The second-order valence-corrected chi connectivity index (χ2v) is 7.44. The molecule has 2 bridgehead atoms. The van der Waals surface area contributed by atoms with Gasteiger partial charge in [-0.2, -0.15) is 0 Å². The molecule has 0 spiro atoms. The molecule has 1 aromatic carbocycles. The number of carbonyl (C=O) groups excluding carboxylic acids is 1. The number of nitrogens with zero attached hydrogens (tertiary/aromatic N) is 2. The number of nitrogens with one attached hydrogen (secondary N) is 1. The van der Waals surface area contributed by atoms with Gasteiger partial charge in [-0.05, 0) is 75.2 Å². The number of rotatable bonds is 4. The van der Waals surface area contributed by atoms with Crippen LogP contribution in [0.5, 0.6) is 11.5 Å². The van der Waals surface area contributed by atoms with Crippen LogP contribution in [0.25, 0.3) is 0 Å². The molecule has 2 atom stereocenters. The number of piperidine rings is 3. The molecule has 136 valence electrons. The quantitative estimate of drug-likeness (QED) is 0.832. The molecule has 0 aliphatic carbocycles. The van der Waals surface area contributed by atoms with Gasteiger partial charge in [-0.1, -0.05) is 11.6 Å². The van der Waals surface area contributed by atoms with Crippen LogP contribution >= 0.6 is 11.6 Å². The minimum Gasteiger partial charge on any atom is -0.456 e. The van der Waals surface area contributed by atoms with E-state index in [1.165, 1.54) is 12.8 Å². The van der Waals surface area contributed by atoms with Crippen molar-refractivity contribution < 1.29 is 9.53 Å². The Kier molecular flexibility index (Phi) is 4.83. The summed E-state index contributed by atoms with van der Waals surface area (Å²) >= 11 is 5.77. The maximum atomic E-state index is 12.6. The van der Waals surface area contributed by atoms with Crippen molar-refractivity contribution in [3.8, 4) is 11.5 Å². The monoisotopic (exact) mass is 371 g/mol. The highest BCUT2D eigenvalue weighted by atomic mass is 35.5. The number of amides is 1. The second-order valence-electron chi connectivity index (χ2n) is 7.06. The van der Waals surface area contributed by atoms with Crippen molar-refractivity contribution in [2.45, 2.75) is 31.8 Å². The number of benzene rings is 1. The molecule has 4 heterocycles. The normalized spacial score (nSPS) is 27.2. The summed E-state index contributed by atoms with van der Waals surface area (Å²) in [5.74, 6) is 1.84. The van der Waals surface area contributed by atoms with Crippen LogP contribution in [0.4, 0.5) is 0 Å². The van der Waals surface area contributed by atoms with Crippen LogP contribution in [-0.4, -0.2) is 41.0 Å². The molecule has 3 fully saturated rings. The first-order valence-electron chi connectivity index (χ1n) is 9.04. The number of fused-ring (bicyclic) bond motifs is 3. The van der Waals surface area contributed by atoms with Gasteiger partial charge in [0, 0.05) is 17.6 Å². The van der Waals surface area contributed by atoms with Crippen LogP contribution < -0.4 is 10.1 Å². The van der Waals surface area contributed by atoms with Crippen LogP contribution in [0.15, 0.2) is 42.6 Å². The summed E-state index contributed by atoms with van der Waals surface area (Å²) in [6.45, 7) is 4.53. The van der Waals surface area contributed by atoms with E-state index < -0.39 is 0 Å². The standard InChI is InChI=1S/C20H22ClN3O2/c1-13-19(14-8-10-24(13)11-9-14)23-20(25)15-2-4-16(5-3-15)26-17-6-7-18(21)22-12-17/h2-7,12-14,19H,8-11H2,1H3,(H,23,25)/t13-,19-/m0/s1. The van der Waals surface area contributed by atoms with Crippen molar-refractivity contribution in [3.05, 3.63) is 53.3 Å². The summed E-state index contributed by atoms with van der Waals surface area (Å²) < 4.78 is 5.72. The average Bonchev–Trinajstić information content (AvgIpc) is 2.67. The maximum Gasteiger partial charge on any atom is 0.251 e. The van der Waals surface area contributed by atoms with Crippen molar-refractivity contribution in [2.75, 3.05) is 13.1 Å². The molecule has 26 heavy (non-hydrogen) atoms. The first-order valence-corrected chi connectivity index (χ1v) is 9.42. The molecular formula is C20H22ClN3O2. The van der Waals surface area contributed by atoms with E-state index in [1.807, 2.05) is 0 Å².